The molecule has 11 rings (SSSR count). The van der Waals surface area contributed by atoms with E-state index in [0.717, 1.165) is 28.6 Å². The zero-order valence-corrected chi connectivity index (χ0v) is 31.3. The molecule has 3 aliphatic rings. The van der Waals surface area contributed by atoms with E-state index in [9.17, 15) is 0 Å². The molecule has 0 saturated carbocycles. The van der Waals surface area contributed by atoms with Crippen LogP contribution in [0.3, 0.4) is 0 Å². The molecule has 266 valence electrons. The molecule has 2 aliphatic heterocycles. The zero-order chi connectivity index (χ0) is 37.4. The van der Waals surface area contributed by atoms with Crippen LogP contribution >= 0.6 is 0 Å². The predicted molar refractivity (Wildman–Crippen MR) is 235 cm³/mol. The zero-order valence-electron chi connectivity index (χ0n) is 31.3. The van der Waals surface area contributed by atoms with Gasteiger partial charge in [-0.25, -0.2) is 0 Å². The smallest absolute Gasteiger partial charge is 0.151 e. The molecule has 0 spiro atoms. The van der Waals surface area contributed by atoms with Gasteiger partial charge in [-0.3, -0.25) is 0 Å². The number of anilines is 6. The first-order valence-electron chi connectivity index (χ1n) is 19.3. The lowest BCUT2D eigenvalue weighted by atomic mass is 9.81. The Hall–Kier alpha value is -7.10. The Balaban J connectivity index is 0.952. The lowest BCUT2D eigenvalue weighted by Crippen LogP contribution is -2.18. The van der Waals surface area contributed by atoms with Crippen LogP contribution in [0.25, 0.3) is 46.2 Å². The molecule has 0 amide bonds. The monoisotopic (exact) mass is 718 g/mol. The summed E-state index contributed by atoms with van der Waals surface area (Å²) in [6.07, 6.45) is 9.00. The molecule has 0 fully saturated rings. The Morgan fingerprint density at radius 2 is 1.00 bits per heavy atom. The van der Waals surface area contributed by atoms with Crippen molar-refractivity contribution in [3.05, 3.63) is 203 Å². The van der Waals surface area contributed by atoms with Gasteiger partial charge in [0.15, 0.2) is 11.5 Å². The van der Waals surface area contributed by atoms with Crippen molar-refractivity contribution in [2.45, 2.75) is 19.3 Å². The average Bonchev–Trinajstić information content (AvgIpc) is 3.34. The maximum atomic E-state index is 6.32. The number of ether oxygens (including phenoxy) is 1. The highest BCUT2D eigenvalue weighted by molar-refractivity contribution is 6.05. The summed E-state index contributed by atoms with van der Waals surface area (Å²) >= 11 is 0. The van der Waals surface area contributed by atoms with Crippen LogP contribution in [0, 0.1) is 0 Å². The summed E-state index contributed by atoms with van der Waals surface area (Å²) in [6, 6.07) is 61.2. The Kier molecular flexibility index (Phi) is 7.20. The summed E-state index contributed by atoms with van der Waals surface area (Å²) in [4.78, 5) is 4.75. The Morgan fingerprint density at radius 3 is 1.70 bits per heavy atom. The molecule has 3 heteroatoms. The fourth-order valence-electron chi connectivity index (χ4n) is 9.05. The van der Waals surface area contributed by atoms with Crippen LogP contribution in [0.4, 0.5) is 34.1 Å². The van der Waals surface area contributed by atoms with Crippen molar-refractivity contribution in [2.75, 3.05) is 9.80 Å². The first-order valence-corrected chi connectivity index (χ1v) is 19.3. The SMILES string of the molecule is CC1(C)c2cc(/C=C/c3cccc4c(N5c6ccccc6C=Cc6ccccc65)cccc34)ccc2-c2ccc(N3c4ccccc4Oc4ccccc43)cc21. The van der Waals surface area contributed by atoms with Gasteiger partial charge in [-0.1, -0.05) is 153 Å². The topological polar surface area (TPSA) is 15.7 Å². The quantitative estimate of drug-likeness (QED) is 0.169. The van der Waals surface area contributed by atoms with Crippen molar-refractivity contribution in [3.8, 4) is 22.6 Å². The average molecular weight is 719 g/mol. The molecular weight excluding hydrogens is 681 g/mol. The lowest BCUT2D eigenvalue weighted by Gasteiger charge is -2.33. The minimum absolute atomic E-state index is 0.182. The number of fused-ring (bicyclic) bond motifs is 8. The van der Waals surface area contributed by atoms with Crippen molar-refractivity contribution in [1.29, 1.82) is 0 Å². The van der Waals surface area contributed by atoms with Crippen molar-refractivity contribution < 1.29 is 4.74 Å². The molecule has 8 aromatic carbocycles. The Morgan fingerprint density at radius 1 is 0.446 bits per heavy atom. The molecule has 0 bridgehead atoms. The van der Waals surface area contributed by atoms with Crippen molar-refractivity contribution in [2.24, 2.45) is 0 Å². The van der Waals surface area contributed by atoms with Crippen molar-refractivity contribution >= 4 is 69.2 Å². The van der Waals surface area contributed by atoms with Gasteiger partial charge in [0.25, 0.3) is 0 Å². The lowest BCUT2D eigenvalue weighted by molar-refractivity contribution is 0.477. The summed E-state index contributed by atoms with van der Waals surface area (Å²) in [6.45, 7) is 4.72. The molecule has 0 N–H and O–H groups in total. The van der Waals surface area contributed by atoms with E-state index >= 15 is 0 Å². The van der Waals surface area contributed by atoms with Gasteiger partial charge in [-0.2, -0.15) is 0 Å². The van der Waals surface area contributed by atoms with Gasteiger partial charge in [0, 0.05) is 16.5 Å². The normalized spacial score (nSPS) is 14.3. The highest BCUT2D eigenvalue weighted by Crippen LogP contribution is 2.54. The van der Waals surface area contributed by atoms with Gasteiger partial charge >= 0.3 is 0 Å². The molecule has 0 atom stereocenters. The van der Waals surface area contributed by atoms with E-state index in [4.69, 9.17) is 4.74 Å². The number of hydrogen-bond donors (Lipinski definition) is 0. The molecule has 1 aliphatic carbocycles. The molecule has 3 nitrogen and oxygen atoms in total. The molecule has 0 radical (unpaired) electrons. The second kappa shape index (κ2) is 12.5. The van der Waals surface area contributed by atoms with Gasteiger partial charge in [0.1, 0.15) is 0 Å². The second-order valence-electron chi connectivity index (χ2n) is 15.4. The van der Waals surface area contributed by atoms with Gasteiger partial charge in [0.05, 0.1) is 28.4 Å². The largest absolute Gasteiger partial charge is 0.453 e. The Labute approximate surface area is 327 Å². The van der Waals surface area contributed by atoms with E-state index in [1.54, 1.807) is 0 Å². The van der Waals surface area contributed by atoms with E-state index in [1.807, 2.05) is 24.3 Å². The molecule has 0 aromatic heterocycles. The molecule has 56 heavy (non-hydrogen) atoms. The summed E-state index contributed by atoms with van der Waals surface area (Å²) in [5.74, 6) is 1.73. The number of benzene rings is 8. The van der Waals surface area contributed by atoms with Gasteiger partial charge in [-0.05, 0) is 104 Å². The summed E-state index contributed by atoms with van der Waals surface area (Å²) in [5, 5.41) is 2.44. The standard InChI is InChI=1S/C53H38N2O/c1-53(2)44-33-35(26-31-41(44)42-32-30-39(34-45(42)53)54-49-20-7-9-23-51(49)56-52-24-10-8-21-50(52)54)25-27-36-15-11-17-43-40(36)16-12-22-48(43)55-46-18-5-3-13-37(46)28-29-38-14-4-6-19-47(38)55/h3-34H,1-2H3/b27-25+. The minimum atomic E-state index is -0.182. The molecule has 0 saturated heterocycles. The van der Waals surface area contributed by atoms with E-state index in [2.05, 4.69) is 194 Å². The predicted octanol–water partition coefficient (Wildman–Crippen LogP) is 14.8. The summed E-state index contributed by atoms with van der Waals surface area (Å²) < 4.78 is 6.32. The van der Waals surface area contributed by atoms with Crippen LogP contribution in [-0.2, 0) is 5.41 Å². The molecular formula is C53H38N2O. The van der Waals surface area contributed by atoms with Crippen LogP contribution in [0.1, 0.15) is 47.2 Å². The number of hydrogen-bond acceptors (Lipinski definition) is 3. The first kappa shape index (κ1) is 32.3. The van der Waals surface area contributed by atoms with Gasteiger partial charge < -0.3 is 14.5 Å². The maximum absolute atomic E-state index is 6.32. The van der Waals surface area contributed by atoms with E-state index in [1.165, 1.54) is 72.3 Å². The second-order valence-corrected chi connectivity index (χ2v) is 15.4. The van der Waals surface area contributed by atoms with Gasteiger partial charge in [-0.15, -0.1) is 0 Å². The highest BCUT2D eigenvalue weighted by Gasteiger charge is 2.37. The summed E-state index contributed by atoms with van der Waals surface area (Å²) in [7, 11) is 0. The van der Waals surface area contributed by atoms with E-state index < -0.39 is 0 Å². The van der Waals surface area contributed by atoms with Crippen LogP contribution in [0.15, 0.2) is 170 Å². The van der Waals surface area contributed by atoms with E-state index in [-0.39, 0.29) is 5.41 Å². The number of para-hydroxylation sites is 6. The van der Waals surface area contributed by atoms with Crippen LogP contribution in [0.5, 0.6) is 11.5 Å². The third-order valence-electron chi connectivity index (χ3n) is 11.8. The fourth-order valence-corrected chi connectivity index (χ4v) is 9.05. The van der Waals surface area contributed by atoms with Gasteiger partial charge in [0.2, 0.25) is 0 Å². The Bertz CT molecular complexity index is 2860. The summed E-state index contributed by atoms with van der Waals surface area (Å²) in [5.41, 5.74) is 16.6. The third-order valence-corrected chi connectivity index (χ3v) is 11.8. The number of rotatable bonds is 4. The molecule has 2 heterocycles. The maximum Gasteiger partial charge on any atom is 0.151 e. The van der Waals surface area contributed by atoms with Crippen LogP contribution in [-0.4, -0.2) is 0 Å². The first-order chi connectivity index (χ1) is 27.5. The van der Waals surface area contributed by atoms with Crippen LogP contribution < -0.4 is 14.5 Å². The molecule has 0 unspecified atom stereocenters. The minimum Gasteiger partial charge on any atom is -0.453 e. The van der Waals surface area contributed by atoms with Crippen molar-refractivity contribution in [1.82, 2.24) is 0 Å². The number of nitrogens with zero attached hydrogens (tertiary/aromatic N) is 2. The highest BCUT2D eigenvalue weighted by atomic mass is 16.5. The third kappa shape index (κ3) is 4.98. The van der Waals surface area contributed by atoms with Crippen LogP contribution in [0.2, 0.25) is 0 Å². The molecule has 8 aromatic rings. The van der Waals surface area contributed by atoms with E-state index in [0.29, 0.717) is 0 Å². The fraction of sp³-hybridized carbons (Fsp3) is 0.0566. The van der Waals surface area contributed by atoms with Crippen molar-refractivity contribution in [3.63, 3.8) is 0 Å².